The molecular formula is C23H32N4O3. The van der Waals surface area contributed by atoms with Crippen molar-refractivity contribution in [2.24, 2.45) is 13.0 Å². The van der Waals surface area contributed by atoms with Crippen LogP contribution in [0.1, 0.15) is 42.6 Å². The van der Waals surface area contributed by atoms with Gasteiger partial charge >= 0.3 is 0 Å². The lowest BCUT2D eigenvalue weighted by Gasteiger charge is -2.44. The molecule has 2 aliphatic rings. The van der Waals surface area contributed by atoms with Crippen molar-refractivity contribution in [3.05, 3.63) is 30.0 Å². The van der Waals surface area contributed by atoms with Gasteiger partial charge in [-0.05, 0) is 62.9 Å². The Morgan fingerprint density at radius 3 is 2.77 bits per heavy atom. The van der Waals surface area contributed by atoms with Crippen LogP contribution in [-0.2, 0) is 7.05 Å². The smallest absolute Gasteiger partial charge is 0.269 e. The molecule has 7 nitrogen and oxygen atoms in total. The largest absolute Gasteiger partial charge is 0.497 e. The minimum absolute atomic E-state index is 0.0725. The molecule has 1 aromatic heterocycles. The molecule has 7 heteroatoms. The number of methoxy groups -OCH3 is 2. The molecule has 30 heavy (non-hydrogen) atoms. The van der Waals surface area contributed by atoms with Crippen LogP contribution < -0.4 is 14.8 Å². The van der Waals surface area contributed by atoms with E-state index >= 15 is 0 Å². The fraction of sp³-hybridized carbons (Fsp3) is 0.565. The summed E-state index contributed by atoms with van der Waals surface area (Å²) in [5, 5.41) is 7.73. The average Bonchev–Trinajstić information content (AvgIpc) is 3.18. The highest BCUT2D eigenvalue weighted by molar-refractivity contribution is 5.94. The average molecular weight is 413 g/mol. The maximum atomic E-state index is 12.9. The number of benzene rings is 1. The summed E-state index contributed by atoms with van der Waals surface area (Å²) in [6.45, 7) is 3.15. The Morgan fingerprint density at radius 2 is 1.97 bits per heavy atom. The summed E-state index contributed by atoms with van der Waals surface area (Å²) in [5.41, 5.74) is 2.09. The van der Waals surface area contributed by atoms with Gasteiger partial charge in [-0.2, -0.15) is 5.10 Å². The van der Waals surface area contributed by atoms with E-state index in [2.05, 4.69) is 15.3 Å². The number of aryl methyl sites for hydroxylation is 1. The van der Waals surface area contributed by atoms with Gasteiger partial charge in [-0.1, -0.05) is 6.42 Å². The standard InChI is InChI=1S/C23H32N4O3/c1-26-21(14-19(25-26)18-10-9-17(29-2)13-22(18)30-3)23(28)24-15-16-7-6-12-27-11-5-4-8-20(16)27/h9-10,13-14,16,20H,4-8,11-12,15H2,1-3H3,(H,24,28)/t16-,20-/m0/s1. The van der Waals surface area contributed by atoms with E-state index in [9.17, 15) is 4.79 Å². The summed E-state index contributed by atoms with van der Waals surface area (Å²) in [5.74, 6) is 1.85. The third-order valence-corrected chi connectivity index (χ3v) is 6.55. The highest BCUT2D eigenvalue weighted by atomic mass is 16.5. The summed E-state index contributed by atoms with van der Waals surface area (Å²) in [4.78, 5) is 15.6. The van der Waals surface area contributed by atoms with Gasteiger partial charge in [0.15, 0.2) is 0 Å². The molecule has 2 atom stereocenters. The van der Waals surface area contributed by atoms with Crippen molar-refractivity contribution in [2.75, 3.05) is 33.9 Å². The Kier molecular flexibility index (Phi) is 6.27. The van der Waals surface area contributed by atoms with Crippen LogP contribution in [0.5, 0.6) is 11.5 Å². The third-order valence-electron chi connectivity index (χ3n) is 6.55. The molecule has 2 fully saturated rings. The first-order valence-corrected chi connectivity index (χ1v) is 10.9. The van der Waals surface area contributed by atoms with Crippen LogP contribution in [0.4, 0.5) is 0 Å². The van der Waals surface area contributed by atoms with E-state index in [0.717, 1.165) is 12.1 Å². The van der Waals surface area contributed by atoms with Gasteiger partial charge in [-0.25, -0.2) is 0 Å². The van der Waals surface area contributed by atoms with Gasteiger partial charge in [0, 0.05) is 31.3 Å². The number of hydrogen-bond donors (Lipinski definition) is 1. The summed E-state index contributed by atoms with van der Waals surface area (Å²) < 4.78 is 12.4. The molecule has 0 unspecified atom stereocenters. The molecular weight excluding hydrogens is 380 g/mol. The summed E-state index contributed by atoms with van der Waals surface area (Å²) in [7, 11) is 5.04. The molecule has 0 radical (unpaired) electrons. The van der Waals surface area contributed by atoms with E-state index in [1.807, 2.05) is 24.3 Å². The van der Waals surface area contributed by atoms with Crippen molar-refractivity contribution in [1.29, 1.82) is 0 Å². The Morgan fingerprint density at radius 1 is 1.13 bits per heavy atom. The lowest BCUT2D eigenvalue weighted by Crippen LogP contribution is -2.51. The molecule has 2 aliphatic heterocycles. The van der Waals surface area contributed by atoms with Gasteiger partial charge in [-0.3, -0.25) is 9.48 Å². The van der Waals surface area contributed by atoms with Crippen LogP contribution in [0, 0.1) is 5.92 Å². The zero-order valence-corrected chi connectivity index (χ0v) is 18.2. The van der Waals surface area contributed by atoms with Crippen molar-refractivity contribution in [3.8, 4) is 22.8 Å². The Bertz CT molecular complexity index is 893. The fourth-order valence-corrected chi connectivity index (χ4v) is 4.95. The number of carbonyl (C=O) groups excluding carboxylic acids is 1. The molecule has 162 valence electrons. The minimum Gasteiger partial charge on any atom is -0.497 e. The number of rotatable bonds is 6. The number of carbonyl (C=O) groups is 1. The van der Waals surface area contributed by atoms with Crippen LogP contribution in [0.15, 0.2) is 24.3 Å². The Labute approximate surface area is 178 Å². The maximum absolute atomic E-state index is 12.9. The number of ether oxygens (including phenoxy) is 2. The SMILES string of the molecule is COc1ccc(-c2cc(C(=O)NC[C@@H]3CCCN4CCCC[C@@H]34)n(C)n2)c(OC)c1. The van der Waals surface area contributed by atoms with Crippen molar-refractivity contribution < 1.29 is 14.3 Å². The maximum Gasteiger partial charge on any atom is 0.269 e. The van der Waals surface area contributed by atoms with Crippen molar-refractivity contribution >= 4 is 5.91 Å². The molecule has 0 spiro atoms. The van der Waals surface area contributed by atoms with Gasteiger partial charge < -0.3 is 19.7 Å². The van der Waals surface area contributed by atoms with E-state index in [0.29, 0.717) is 34.8 Å². The number of fused-ring (bicyclic) bond motifs is 1. The summed E-state index contributed by atoms with van der Waals surface area (Å²) in [6, 6.07) is 8.04. The van der Waals surface area contributed by atoms with E-state index in [1.165, 1.54) is 45.2 Å². The predicted octanol–water partition coefficient (Wildman–Crippen LogP) is 3.10. The topological polar surface area (TPSA) is 68.6 Å². The van der Waals surface area contributed by atoms with Crippen LogP contribution in [0.2, 0.25) is 0 Å². The fourth-order valence-electron chi connectivity index (χ4n) is 4.95. The number of hydrogen-bond acceptors (Lipinski definition) is 5. The van der Waals surface area contributed by atoms with Crippen molar-refractivity contribution in [3.63, 3.8) is 0 Å². The second-order valence-electron chi connectivity index (χ2n) is 8.32. The molecule has 0 bridgehead atoms. The number of nitrogens with zero attached hydrogens (tertiary/aromatic N) is 3. The van der Waals surface area contributed by atoms with Crippen molar-refractivity contribution in [1.82, 2.24) is 20.0 Å². The van der Waals surface area contributed by atoms with Crippen LogP contribution in [0.25, 0.3) is 11.3 Å². The van der Waals surface area contributed by atoms with E-state index < -0.39 is 0 Å². The zero-order valence-electron chi connectivity index (χ0n) is 18.2. The number of aromatic nitrogens is 2. The molecule has 0 saturated carbocycles. The van der Waals surface area contributed by atoms with E-state index in [-0.39, 0.29) is 5.91 Å². The van der Waals surface area contributed by atoms with Crippen LogP contribution in [0.3, 0.4) is 0 Å². The monoisotopic (exact) mass is 412 g/mol. The molecule has 1 amide bonds. The second-order valence-corrected chi connectivity index (χ2v) is 8.32. The van der Waals surface area contributed by atoms with E-state index in [4.69, 9.17) is 9.47 Å². The highest BCUT2D eigenvalue weighted by Gasteiger charge is 2.33. The first-order valence-electron chi connectivity index (χ1n) is 10.9. The van der Waals surface area contributed by atoms with Crippen LogP contribution >= 0.6 is 0 Å². The normalized spacial score (nSPS) is 21.7. The quantitative estimate of drug-likeness (QED) is 0.790. The predicted molar refractivity (Wildman–Crippen MR) is 116 cm³/mol. The summed E-state index contributed by atoms with van der Waals surface area (Å²) in [6.07, 6.45) is 6.29. The van der Waals surface area contributed by atoms with E-state index in [1.54, 1.807) is 25.9 Å². The highest BCUT2D eigenvalue weighted by Crippen LogP contribution is 2.33. The Balaban J connectivity index is 1.46. The number of nitrogens with one attached hydrogen (secondary N) is 1. The molecule has 2 aromatic rings. The molecule has 1 N–H and O–H groups in total. The molecule has 1 aromatic carbocycles. The van der Waals surface area contributed by atoms with Gasteiger partial charge in [-0.15, -0.1) is 0 Å². The molecule has 4 rings (SSSR count). The first kappa shape index (κ1) is 20.7. The zero-order chi connectivity index (χ0) is 21.1. The van der Waals surface area contributed by atoms with Crippen molar-refractivity contribution in [2.45, 2.75) is 38.1 Å². The van der Waals surface area contributed by atoms with Crippen LogP contribution in [-0.4, -0.2) is 60.5 Å². The first-order chi connectivity index (χ1) is 14.6. The van der Waals surface area contributed by atoms with Gasteiger partial charge in [0.05, 0.1) is 19.9 Å². The van der Waals surface area contributed by atoms with Gasteiger partial charge in [0.25, 0.3) is 5.91 Å². The lowest BCUT2D eigenvalue weighted by molar-refractivity contribution is 0.0574. The molecule has 2 saturated heterocycles. The van der Waals surface area contributed by atoms with Gasteiger partial charge in [0.2, 0.25) is 0 Å². The molecule has 3 heterocycles. The lowest BCUT2D eigenvalue weighted by atomic mass is 9.83. The van der Waals surface area contributed by atoms with Gasteiger partial charge in [0.1, 0.15) is 17.2 Å². The Hall–Kier alpha value is -2.54. The summed E-state index contributed by atoms with van der Waals surface area (Å²) >= 11 is 0. The number of piperidine rings is 2. The molecule has 0 aliphatic carbocycles. The minimum atomic E-state index is -0.0725. The second kappa shape index (κ2) is 9.08. The number of amides is 1. The third kappa shape index (κ3) is 4.17.